The summed E-state index contributed by atoms with van der Waals surface area (Å²) in [6.45, 7) is 1.86. The number of hydrogen-bond acceptors (Lipinski definition) is 7. The molecule has 1 amide bonds. The van der Waals surface area contributed by atoms with Crippen LogP contribution in [-0.2, 0) is 26.6 Å². The number of aliphatic hydroxyl groups is 1. The van der Waals surface area contributed by atoms with Crippen LogP contribution in [0.3, 0.4) is 0 Å². The maximum atomic E-state index is 13.2. The second-order valence-electron chi connectivity index (χ2n) is 12.0. The highest BCUT2D eigenvalue weighted by molar-refractivity contribution is 7.90. The lowest BCUT2D eigenvalue weighted by atomic mass is 9.68. The van der Waals surface area contributed by atoms with Crippen LogP contribution < -0.4 is 14.4 Å². The Kier molecular flexibility index (Phi) is 7.82. The van der Waals surface area contributed by atoms with Gasteiger partial charge >= 0.3 is 0 Å². The molecule has 2 aliphatic heterocycles. The van der Waals surface area contributed by atoms with Crippen molar-refractivity contribution in [3.63, 3.8) is 0 Å². The number of carbonyl (C=O) groups is 1. The summed E-state index contributed by atoms with van der Waals surface area (Å²) in [4.78, 5) is 15.5. The van der Waals surface area contributed by atoms with Gasteiger partial charge in [-0.15, -0.1) is 0 Å². The molecule has 4 aliphatic rings. The van der Waals surface area contributed by atoms with E-state index < -0.39 is 28.1 Å². The number of nitrogens with zero attached hydrogens (tertiary/aromatic N) is 1. The van der Waals surface area contributed by atoms with Crippen LogP contribution in [0.4, 0.5) is 5.69 Å². The number of anilines is 1. The van der Waals surface area contributed by atoms with Gasteiger partial charge in [-0.3, -0.25) is 4.79 Å². The molecule has 2 heterocycles. The van der Waals surface area contributed by atoms with Crippen LogP contribution >= 0.6 is 11.6 Å². The molecule has 1 fully saturated rings. The Morgan fingerprint density at radius 3 is 2.78 bits per heavy atom. The van der Waals surface area contributed by atoms with Gasteiger partial charge in [0, 0.05) is 36.2 Å². The molecule has 6 rings (SSSR count). The van der Waals surface area contributed by atoms with Crippen LogP contribution in [0, 0.1) is 11.8 Å². The Bertz CT molecular complexity index is 1460. The number of aryl methyl sites for hydroxylation is 1. The molecule has 5 atom stereocenters. The third-order valence-electron chi connectivity index (χ3n) is 9.41. The molecule has 0 radical (unpaired) electrons. The van der Waals surface area contributed by atoms with Crippen LogP contribution in [0.15, 0.2) is 48.6 Å². The van der Waals surface area contributed by atoms with Gasteiger partial charge in [-0.2, -0.15) is 0 Å². The lowest BCUT2D eigenvalue weighted by Crippen LogP contribution is -2.49. The fraction of sp³-hybridized carbons (Fsp3) is 0.516. The fourth-order valence-corrected chi connectivity index (χ4v) is 8.24. The quantitative estimate of drug-likeness (QED) is 0.472. The van der Waals surface area contributed by atoms with Gasteiger partial charge in [0.2, 0.25) is 10.0 Å². The molecule has 1 spiro atoms. The van der Waals surface area contributed by atoms with Crippen LogP contribution in [0.2, 0.25) is 5.02 Å². The molecule has 41 heavy (non-hydrogen) atoms. The fourth-order valence-electron chi connectivity index (χ4n) is 7.01. The molecule has 2 bridgehead atoms. The van der Waals surface area contributed by atoms with Crippen molar-refractivity contribution in [2.45, 2.75) is 56.1 Å². The van der Waals surface area contributed by atoms with E-state index in [-0.39, 0.29) is 35.0 Å². The molecular formula is C31H37ClN2O6S. The summed E-state index contributed by atoms with van der Waals surface area (Å²) in [5.74, 6) is 0.0433. The third-order valence-corrected chi connectivity index (χ3v) is 10.9. The molecule has 2 N–H and O–H groups in total. The number of rotatable bonds is 1. The molecular weight excluding hydrogens is 564 g/mol. The van der Waals surface area contributed by atoms with E-state index in [1.54, 1.807) is 30.4 Å². The zero-order valence-corrected chi connectivity index (χ0v) is 24.8. The highest BCUT2D eigenvalue weighted by Crippen LogP contribution is 2.46. The predicted molar refractivity (Wildman–Crippen MR) is 158 cm³/mol. The summed E-state index contributed by atoms with van der Waals surface area (Å²) in [6, 6.07) is 11.3. The number of hydrogen-bond donors (Lipinski definition) is 2. The zero-order valence-electron chi connectivity index (χ0n) is 23.2. The Hall–Kier alpha value is -2.59. The second kappa shape index (κ2) is 11.2. The van der Waals surface area contributed by atoms with E-state index in [0.29, 0.717) is 25.4 Å². The minimum Gasteiger partial charge on any atom is -0.490 e. The average Bonchev–Trinajstić information content (AvgIpc) is 3.07. The van der Waals surface area contributed by atoms with Crippen LogP contribution in [0.1, 0.15) is 53.6 Å². The van der Waals surface area contributed by atoms with Crippen molar-refractivity contribution in [3.05, 3.63) is 70.3 Å². The number of aliphatic hydroxyl groups excluding tert-OH is 1. The van der Waals surface area contributed by atoms with Crippen molar-refractivity contribution in [3.8, 4) is 5.75 Å². The second-order valence-corrected chi connectivity index (χ2v) is 14.3. The van der Waals surface area contributed by atoms with Gasteiger partial charge in [0.25, 0.3) is 5.91 Å². The van der Waals surface area contributed by atoms with E-state index in [2.05, 4.69) is 21.8 Å². The standard InChI is InChI=1S/C31H37ClN2O6S/c1-39-24-7-10-28(35)25-8-4-22(25)17-34-18-31(13-2-3-20-15-23(32)6-9-26(20)31)19-40-29-11-5-21(16-27(29)34)30(36)33-41(37,38)14-12-24/h5-7,9-11,15-16,22,24-25,28,35H,2-4,8,12-14,17-19H2,1H3,(H,33,36)/b10-7-/t22-,24+,25+,28-,31-/m0/s1. The number of benzene rings is 2. The first-order valence-electron chi connectivity index (χ1n) is 14.4. The average molecular weight is 601 g/mol. The first-order valence-corrected chi connectivity index (χ1v) is 16.4. The van der Waals surface area contributed by atoms with E-state index in [9.17, 15) is 18.3 Å². The summed E-state index contributed by atoms with van der Waals surface area (Å²) in [5.41, 5.74) is 3.25. The van der Waals surface area contributed by atoms with Crippen LogP contribution in [-0.4, -0.2) is 64.2 Å². The summed E-state index contributed by atoms with van der Waals surface area (Å²) in [7, 11) is -2.40. The first-order chi connectivity index (χ1) is 19.7. The lowest BCUT2D eigenvalue weighted by molar-refractivity contribution is 0.0444. The van der Waals surface area contributed by atoms with E-state index in [0.717, 1.165) is 42.8 Å². The van der Waals surface area contributed by atoms with E-state index in [1.807, 2.05) is 6.07 Å². The van der Waals surface area contributed by atoms with Crippen LogP contribution in [0.25, 0.3) is 0 Å². The van der Waals surface area contributed by atoms with Gasteiger partial charge in [-0.1, -0.05) is 29.8 Å². The van der Waals surface area contributed by atoms with Crippen LogP contribution in [0.5, 0.6) is 5.75 Å². The molecule has 0 unspecified atom stereocenters. The maximum Gasteiger partial charge on any atom is 0.264 e. The number of ether oxygens (including phenoxy) is 2. The van der Waals surface area contributed by atoms with Crippen molar-refractivity contribution in [1.29, 1.82) is 0 Å². The summed E-state index contributed by atoms with van der Waals surface area (Å²) >= 11 is 6.37. The predicted octanol–water partition coefficient (Wildman–Crippen LogP) is 4.23. The Morgan fingerprint density at radius 1 is 1.15 bits per heavy atom. The first kappa shape index (κ1) is 28.5. The minimum absolute atomic E-state index is 0.0768. The molecule has 0 aromatic heterocycles. The van der Waals surface area contributed by atoms with Gasteiger partial charge < -0.3 is 19.5 Å². The number of sulfonamides is 1. The largest absolute Gasteiger partial charge is 0.490 e. The highest BCUT2D eigenvalue weighted by Gasteiger charge is 2.44. The van der Waals surface area contributed by atoms with Crippen molar-refractivity contribution < 1.29 is 27.8 Å². The molecule has 220 valence electrons. The third kappa shape index (κ3) is 5.74. The Morgan fingerprint density at radius 2 is 2.00 bits per heavy atom. The minimum atomic E-state index is -3.91. The van der Waals surface area contributed by atoms with Gasteiger partial charge in [-0.05, 0) is 91.8 Å². The van der Waals surface area contributed by atoms with Crippen molar-refractivity contribution in [1.82, 2.24) is 4.72 Å². The molecule has 2 aromatic carbocycles. The molecule has 0 saturated heterocycles. The normalized spacial score (nSPS) is 32.0. The summed E-state index contributed by atoms with van der Waals surface area (Å²) < 4.78 is 39.7. The molecule has 2 aliphatic carbocycles. The van der Waals surface area contributed by atoms with Crippen molar-refractivity contribution >= 4 is 33.2 Å². The van der Waals surface area contributed by atoms with Gasteiger partial charge in [0.1, 0.15) is 5.75 Å². The zero-order chi connectivity index (χ0) is 28.8. The van der Waals surface area contributed by atoms with Gasteiger partial charge in [-0.25, -0.2) is 13.1 Å². The van der Waals surface area contributed by atoms with Crippen molar-refractivity contribution in [2.75, 3.05) is 37.5 Å². The van der Waals surface area contributed by atoms with E-state index in [4.69, 9.17) is 21.1 Å². The molecule has 1 saturated carbocycles. The lowest BCUT2D eigenvalue weighted by Gasteiger charge is -2.45. The van der Waals surface area contributed by atoms with Gasteiger partial charge in [0.05, 0.1) is 30.3 Å². The number of methoxy groups -OCH3 is 1. The summed E-state index contributed by atoms with van der Waals surface area (Å²) in [5, 5.41) is 11.8. The maximum absolute atomic E-state index is 13.2. The monoisotopic (exact) mass is 600 g/mol. The highest BCUT2D eigenvalue weighted by atomic mass is 35.5. The Labute approximate surface area is 246 Å². The van der Waals surface area contributed by atoms with Gasteiger partial charge in [0.15, 0.2) is 0 Å². The molecule has 2 aromatic rings. The summed E-state index contributed by atoms with van der Waals surface area (Å²) in [6.07, 6.45) is 7.34. The van der Waals surface area contributed by atoms with Crippen molar-refractivity contribution in [2.24, 2.45) is 11.8 Å². The molecule has 8 nitrogen and oxygen atoms in total. The smallest absolute Gasteiger partial charge is 0.264 e. The Balaban J connectivity index is 1.41. The number of carbonyl (C=O) groups excluding carboxylic acids is 1. The number of amides is 1. The van der Waals surface area contributed by atoms with E-state index in [1.165, 1.54) is 18.2 Å². The SMILES string of the molecule is CO[C@@H]1/C=C\[C@H](O)[C@@H]2CC[C@H]2CN2C[C@@]3(CCCc4cc(Cl)ccc43)COc3ccc(cc32)C(=O)NS(=O)(=O)CC1. The van der Waals surface area contributed by atoms with E-state index >= 15 is 0 Å². The topological polar surface area (TPSA) is 105 Å². The number of nitrogens with one attached hydrogen (secondary N) is 1. The number of fused-ring (bicyclic) bond motifs is 4. The number of halogens is 1. The molecule has 10 heteroatoms.